The lowest BCUT2D eigenvalue weighted by atomic mass is 9.48. The molecule has 4 saturated carbocycles. The molecule has 3 heteroatoms. The maximum Gasteiger partial charge on any atom is 0.233 e. The summed E-state index contributed by atoms with van der Waals surface area (Å²) in [5.41, 5.74) is 0.498. The summed E-state index contributed by atoms with van der Waals surface area (Å²) >= 11 is 0. The van der Waals surface area contributed by atoms with Crippen LogP contribution in [0.5, 0.6) is 0 Å². The molecule has 1 atom stereocenters. The number of hydrogen-bond acceptors (Lipinski definition) is 2. The fraction of sp³-hybridized carbons (Fsp3) is 0.944. The van der Waals surface area contributed by atoms with Gasteiger partial charge < -0.3 is 10.6 Å². The van der Waals surface area contributed by atoms with Crippen LogP contribution in [0.3, 0.4) is 0 Å². The standard InChI is InChI=1S/C18H32N2O/c1-3-4-5-19-17(21)12-20-13(2)18-9-14-6-15(10-18)8-16(7-14)11-18/h13-16,20H,3-12H2,1-2H3,(H,19,21). The van der Waals surface area contributed by atoms with Crippen LogP contribution in [0.2, 0.25) is 0 Å². The summed E-state index contributed by atoms with van der Waals surface area (Å²) in [4.78, 5) is 11.9. The third kappa shape index (κ3) is 3.28. The van der Waals surface area contributed by atoms with Gasteiger partial charge in [-0.15, -0.1) is 0 Å². The molecule has 4 bridgehead atoms. The summed E-state index contributed by atoms with van der Waals surface area (Å²) in [5.74, 6) is 3.12. The van der Waals surface area contributed by atoms with Gasteiger partial charge in [0.15, 0.2) is 0 Å². The van der Waals surface area contributed by atoms with Crippen LogP contribution in [0, 0.1) is 23.2 Å². The van der Waals surface area contributed by atoms with Gasteiger partial charge >= 0.3 is 0 Å². The van der Waals surface area contributed by atoms with Crippen LogP contribution in [0.25, 0.3) is 0 Å². The monoisotopic (exact) mass is 292 g/mol. The van der Waals surface area contributed by atoms with E-state index in [1.54, 1.807) is 0 Å². The van der Waals surface area contributed by atoms with E-state index in [0.29, 0.717) is 18.0 Å². The van der Waals surface area contributed by atoms with Crippen molar-refractivity contribution in [1.82, 2.24) is 10.6 Å². The zero-order chi connectivity index (χ0) is 14.9. The first-order valence-electron chi connectivity index (χ1n) is 9.11. The first-order valence-corrected chi connectivity index (χ1v) is 9.11. The number of nitrogens with one attached hydrogen (secondary N) is 2. The Morgan fingerprint density at radius 2 is 1.71 bits per heavy atom. The molecule has 0 saturated heterocycles. The van der Waals surface area contributed by atoms with Crippen molar-refractivity contribution >= 4 is 5.91 Å². The maximum absolute atomic E-state index is 11.9. The van der Waals surface area contributed by atoms with E-state index in [2.05, 4.69) is 24.5 Å². The molecule has 2 N–H and O–H groups in total. The van der Waals surface area contributed by atoms with Gasteiger partial charge in [-0.1, -0.05) is 13.3 Å². The fourth-order valence-corrected chi connectivity index (χ4v) is 5.64. The van der Waals surface area contributed by atoms with E-state index in [0.717, 1.165) is 37.1 Å². The van der Waals surface area contributed by atoms with Crippen molar-refractivity contribution in [1.29, 1.82) is 0 Å². The molecule has 4 aliphatic carbocycles. The molecule has 120 valence electrons. The first kappa shape index (κ1) is 15.3. The second-order valence-electron chi connectivity index (χ2n) is 8.09. The van der Waals surface area contributed by atoms with E-state index >= 15 is 0 Å². The molecule has 0 spiro atoms. The smallest absolute Gasteiger partial charge is 0.233 e. The second kappa shape index (κ2) is 6.28. The predicted molar refractivity (Wildman–Crippen MR) is 86.0 cm³/mol. The minimum atomic E-state index is 0.167. The van der Waals surface area contributed by atoms with Crippen LogP contribution in [-0.4, -0.2) is 25.0 Å². The molecule has 4 aliphatic rings. The van der Waals surface area contributed by atoms with Gasteiger partial charge in [-0.25, -0.2) is 0 Å². The molecular weight excluding hydrogens is 260 g/mol. The van der Waals surface area contributed by atoms with Crippen molar-refractivity contribution in [2.45, 2.75) is 71.3 Å². The lowest BCUT2D eigenvalue weighted by Crippen LogP contribution is -2.55. The Labute approximate surface area is 129 Å². The molecule has 0 aromatic rings. The van der Waals surface area contributed by atoms with Crippen LogP contribution in [0.1, 0.15) is 65.2 Å². The predicted octanol–water partition coefficient (Wildman–Crippen LogP) is 3.10. The quantitative estimate of drug-likeness (QED) is 0.708. The van der Waals surface area contributed by atoms with E-state index < -0.39 is 0 Å². The van der Waals surface area contributed by atoms with Crippen molar-refractivity contribution in [3.8, 4) is 0 Å². The normalized spacial score (nSPS) is 38.5. The number of unbranched alkanes of at least 4 members (excludes halogenated alkanes) is 1. The maximum atomic E-state index is 11.9. The lowest BCUT2D eigenvalue weighted by Gasteiger charge is -2.59. The number of amides is 1. The van der Waals surface area contributed by atoms with Crippen LogP contribution in [0.15, 0.2) is 0 Å². The van der Waals surface area contributed by atoms with Gasteiger partial charge in [0.2, 0.25) is 5.91 Å². The number of hydrogen-bond donors (Lipinski definition) is 2. The number of carbonyl (C=O) groups excluding carboxylic acids is 1. The molecule has 0 aromatic carbocycles. The molecule has 4 rings (SSSR count). The Kier molecular flexibility index (Phi) is 4.58. The number of rotatable bonds is 7. The topological polar surface area (TPSA) is 41.1 Å². The van der Waals surface area contributed by atoms with Crippen LogP contribution < -0.4 is 10.6 Å². The highest BCUT2D eigenvalue weighted by molar-refractivity contribution is 5.77. The van der Waals surface area contributed by atoms with Gasteiger partial charge in [0.1, 0.15) is 0 Å². The molecule has 21 heavy (non-hydrogen) atoms. The number of carbonyl (C=O) groups is 1. The van der Waals surface area contributed by atoms with Gasteiger partial charge in [0, 0.05) is 12.6 Å². The van der Waals surface area contributed by atoms with Gasteiger partial charge in [-0.05, 0) is 75.0 Å². The van der Waals surface area contributed by atoms with Crippen molar-refractivity contribution in [2.24, 2.45) is 23.2 Å². The third-order valence-electron chi connectivity index (χ3n) is 6.43. The molecule has 1 unspecified atom stereocenters. The zero-order valence-corrected chi connectivity index (χ0v) is 13.8. The van der Waals surface area contributed by atoms with Crippen LogP contribution >= 0.6 is 0 Å². The van der Waals surface area contributed by atoms with Crippen LogP contribution in [0.4, 0.5) is 0 Å². The van der Waals surface area contributed by atoms with Crippen molar-refractivity contribution in [2.75, 3.05) is 13.1 Å². The molecule has 0 radical (unpaired) electrons. The highest BCUT2D eigenvalue weighted by atomic mass is 16.1. The largest absolute Gasteiger partial charge is 0.355 e. The first-order chi connectivity index (χ1) is 10.1. The average molecular weight is 292 g/mol. The van der Waals surface area contributed by atoms with E-state index in [1.165, 1.54) is 38.5 Å². The van der Waals surface area contributed by atoms with Gasteiger partial charge in [0.05, 0.1) is 6.54 Å². The summed E-state index contributed by atoms with van der Waals surface area (Å²) in [6.45, 7) is 5.79. The summed E-state index contributed by atoms with van der Waals surface area (Å²) in [6.07, 6.45) is 10.9. The summed E-state index contributed by atoms with van der Waals surface area (Å²) in [5, 5.41) is 6.57. The highest BCUT2D eigenvalue weighted by Gasteiger charge is 2.52. The van der Waals surface area contributed by atoms with E-state index in [4.69, 9.17) is 0 Å². The summed E-state index contributed by atoms with van der Waals surface area (Å²) in [7, 11) is 0. The van der Waals surface area contributed by atoms with Crippen molar-refractivity contribution in [3.63, 3.8) is 0 Å². The van der Waals surface area contributed by atoms with Crippen molar-refractivity contribution in [3.05, 3.63) is 0 Å². The molecule has 0 aliphatic heterocycles. The van der Waals surface area contributed by atoms with Gasteiger partial charge in [0.25, 0.3) is 0 Å². The molecule has 3 nitrogen and oxygen atoms in total. The van der Waals surface area contributed by atoms with E-state index in [-0.39, 0.29) is 5.91 Å². The van der Waals surface area contributed by atoms with Crippen molar-refractivity contribution < 1.29 is 4.79 Å². The molecule has 0 aromatic heterocycles. The third-order valence-corrected chi connectivity index (χ3v) is 6.43. The molecular formula is C18H32N2O. The van der Waals surface area contributed by atoms with E-state index in [9.17, 15) is 4.79 Å². The molecule has 1 amide bonds. The second-order valence-corrected chi connectivity index (χ2v) is 8.09. The minimum Gasteiger partial charge on any atom is -0.355 e. The molecule has 4 fully saturated rings. The van der Waals surface area contributed by atoms with Gasteiger partial charge in [-0.2, -0.15) is 0 Å². The van der Waals surface area contributed by atoms with Gasteiger partial charge in [-0.3, -0.25) is 4.79 Å². The zero-order valence-electron chi connectivity index (χ0n) is 13.8. The highest BCUT2D eigenvalue weighted by Crippen LogP contribution is 2.61. The Morgan fingerprint density at radius 1 is 1.14 bits per heavy atom. The summed E-state index contributed by atoms with van der Waals surface area (Å²) < 4.78 is 0. The Bertz CT molecular complexity index is 344. The Hall–Kier alpha value is -0.570. The SMILES string of the molecule is CCCCNC(=O)CNC(C)C12CC3CC(CC(C3)C1)C2. The minimum absolute atomic E-state index is 0.167. The van der Waals surface area contributed by atoms with E-state index in [1.807, 2.05) is 0 Å². The average Bonchev–Trinajstić information content (AvgIpc) is 2.43. The molecule has 0 heterocycles. The fourth-order valence-electron chi connectivity index (χ4n) is 5.64. The van der Waals surface area contributed by atoms with Crippen LogP contribution in [-0.2, 0) is 4.79 Å². The lowest BCUT2D eigenvalue weighted by molar-refractivity contribution is -0.121. The Balaban J connectivity index is 1.49. The summed E-state index contributed by atoms with van der Waals surface area (Å²) in [6, 6.07) is 0.489. The Morgan fingerprint density at radius 3 is 2.24 bits per heavy atom.